The van der Waals surface area contributed by atoms with Crippen molar-refractivity contribution in [2.24, 2.45) is 0 Å². The van der Waals surface area contributed by atoms with Crippen molar-refractivity contribution in [3.05, 3.63) is 72.8 Å². The molecule has 0 amide bonds. The molecule has 0 radical (unpaired) electrons. The normalized spacial score (nSPS) is 16.4. The standard InChI is InChI=1S/C24H28N2O3S/c27-23(18-25-15-7-2-8-16-25)19-26(22-11-3-1-4-12-22)30(28,29)24-14-13-20-9-5-6-10-21(20)17-24/h1,3-6,9-14,17,23,27H,2,7-8,15-16,18-19H2/t23-/m0/s1. The number of fused-ring (bicyclic) bond motifs is 1. The molecule has 1 N–H and O–H groups in total. The molecule has 6 heteroatoms. The van der Waals surface area contributed by atoms with Gasteiger partial charge in [0.25, 0.3) is 10.0 Å². The van der Waals surface area contributed by atoms with Crippen molar-refractivity contribution in [3.8, 4) is 0 Å². The maximum atomic E-state index is 13.6. The van der Waals surface area contributed by atoms with Crippen LogP contribution in [0.2, 0.25) is 0 Å². The molecule has 1 atom stereocenters. The molecule has 3 aromatic rings. The summed E-state index contributed by atoms with van der Waals surface area (Å²) >= 11 is 0. The van der Waals surface area contributed by atoms with Crippen LogP contribution in [0.1, 0.15) is 19.3 Å². The van der Waals surface area contributed by atoms with Crippen LogP contribution in [0, 0.1) is 0 Å². The van der Waals surface area contributed by atoms with E-state index in [0.29, 0.717) is 12.2 Å². The lowest BCUT2D eigenvalue weighted by Gasteiger charge is -2.31. The number of benzene rings is 3. The largest absolute Gasteiger partial charge is 0.390 e. The second-order valence-electron chi connectivity index (χ2n) is 7.90. The molecule has 0 aliphatic carbocycles. The van der Waals surface area contributed by atoms with E-state index in [4.69, 9.17) is 0 Å². The number of anilines is 1. The van der Waals surface area contributed by atoms with Gasteiger partial charge in [-0.1, -0.05) is 55.0 Å². The van der Waals surface area contributed by atoms with Crippen LogP contribution in [0.25, 0.3) is 10.8 Å². The lowest BCUT2D eigenvalue weighted by molar-refractivity contribution is 0.107. The molecule has 0 bridgehead atoms. The van der Waals surface area contributed by atoms with Gasteiger partial charge in [0.2, 0.25) is 0 Å². The van der Waals surface area contributed by atoms with Crippen molar-refractivity contribution < 1.29 is 13.5 Å². The molecular weight excluding hydrogens is 396 g/mol. The summed E-state index contributed by atoms with van der Waals surface area (Å²) in [4.78, 5) is 2.45. The monoisotopic (exact) mass is 424 g/mol. The first-order chi connectivity index (χ1) is 14.5. The Hall–Kier alpha value is -2.41. The van der Waals surface area contributed by atoms with Gasteiger partial charge in [-0.25, -0.2) is 8.42 Å². The molecule has 30 heavy (non-hydrogen) atoms. The minimum Gasteiger partial charge on any atom is -0.390 e. The molecule has 1 aliphatic rings. The van der Waals surface area contributed by atoms with Crippen molar-refractivity contribution in [3.63, 3.8) is 0 Å². The summed E-state index contributed by atoms with van der Waals surface area (Å²) in [6.45, 7) is 2.42. The van der Waals surface area contributed by atoms with Crippen LogP contribution in [0.5, 0.6) is 0 Å². The first-order valence-electron chi connectivity index (χ1n) is 10.5. The maximum Gasteiger partial charge on any atom is 0.264 e. The molecule has 0 spiro atoms. The zero-order chi connectivity index (χ0) is 21.0. The van der Waals surface area contributed by atoms with Crippen LogP contribution in [-0.2, 0) is 10.0 Å². The Morgan fingerprint density at radius 3 is 2.27 bits per heavy atom. The van der Waals surface area contributed by atoms with Gasteiger partial charge in [0.1, 0.15) is 0 Å². The highest BCUT2D eigenvalue weighted by Gasteiger charge is 2.28. The average molecular weight is 425 g/mol. The number of aliphatic hydroxyl groups is 1. The lowest BCUT2D eigenvalue weighted by Crippen LogP contribution is -2.44. The Morgan fingerprint density at radius 1 is 0.867 bits per heavy atom. The van der Waals surface area contributed by atoms with E-state index in [2.05, 4.69) is 4.90 Å². The third kappa shape index (κ3) is 4.67. The van der Waals surface area contributed by atoms with E-state index in [1.54, 1.807) is 24.3 Å². The van der Waals surface area contributed by atoms with Crippen molar-refractivity contribution in [2.45, 2.75) is 30.3 Å². The number of hydrogen-bond acceptors (Lipinski definition) is 4. The minimum atomic E-state index is -3.83. The first-order valence-corrected chi connectivity index (χ1v) is 11.9. The molecule has 0 unspecified atom stereocenters. The summed E-state index contributed by atoms with van der Waals surface area (Å²) < 4.78 is 28.5. The van der Waals surface area contributed by atoms with E-state index in [1.807, 2.05) is 48.5 Å². The molecule has 4 rings (SSSR count). The van der Waals surface area contributed by atoms with Crippen LogP contribution in [-0.4, -0.2) is 50.7 Å². The average Bonchev–Trinajstić information content (AvgIpc) is 2.78. The Labute approximate surface area is 178 Å². The van der Waals surface area contributed by atoms with E-state index < -0.39 is 16.1 Å². The summed E-state index contributed by atoms with van der Waals surface area (Å²) in [6.07, 6.45) is 2.72. The summed E-state index contributed by atoms with van der Waals surface area (Å²) in [5, 5.41) is 12.6. The van der Waals surface area contributed by atoms with E-state index in [1.165, 1.54) is 10.7 Å². The Kier molecular flexibility index (Phi) is 6.37. The second kappa shape index (κ2) is 9.16. The van der Waals surface area contributed by atoms with Gasteiger partial charge in [-0.15, -0.1) is 0 Å². The third-order valence-corrected chi connectivity index (χ3v) is 7.44. The molecular formula is C24H28N2O3S. The summed E-state index contributed by atoms with van der Waals surface area (Å²) in [6, 6.07) is 21.9. The lowest BCUT2D eigenvalue weighted by atomic mass is 10.1. The zero-order valence-electron chi connectivity index (χ0n) is 17.0. The van der Waals surface area contributed by atoms with Crippen LogP contribution in [0.3, 0.4) is 0 Å². The van der Waals surface area contributed by atoms with E-state index in [0.717, 1.165) is 36.7 Å². The summed E-state index contributed by atoms with van der Waals surface area (Å²) in [5.74, 6) is 0. The van der Waals surface area contributed by atoms with Gasteiger partial charge in [-0.2, -0.15) is 0 Å². The predicted octanol–water partition coefficient (Wildman–Crippen LogP) is 3.88. The number of sulfonamides is 1. The van der Waals surface area contributed by atoms with Crippen LogP contribution >= 0.6 is 0 Å². The fraction of sp³-hybridized carbons (Fsp3) is 0.333. The quantitative estimate of drug-likeness (QED) is 0.625. The minimum absolute atomic E-state index is 0.0235. The SMILES string of the molecule is O=S(=O)(c1ccc2ccccc2c1)N(C[C@@H](O)CN1CCCCC1)c1ccccc1. The molecule has 1 fully saturated rings. The van der Waals surface area contributed by atoms with Crippen molar-refractivity contribution in [1.82, 2.24) is 4.90 Å². The molecule has 5 nitrogen and oxygen atoms in total. The summed E-state index contributed by atoms with van der Waals surface area (Å²) in [5.41, 5.74) is 0.559. The number of para-hydroxylation sites is 1. The van der Waals surface area contributed by atoms with Crippen LogP contribution < -0.4 is 4.31 Å². The van der Waals surface area contributed by atoms with Crippen molar-refractivity contribution in [2.75, 3.05) is 30.5 Å². The van der Waals surface area contributed by atoms with E-state index in [-0.39, 0.29) is 11.4 Å². The van der Waals surface area contributed by atoms with Gasteiger partial charge in [0, 0.05) is 6.54 Å². The zero-order valence-corrected chi connectivity index (χ0v) is 17.8. The Balaban J connectivity index is 1.64. The fourth-order valence-corrected chi connectivity index (χ4v) is 5.62. The molecule has 0 saturated carbocycles. The highest BCUT2D eigenvalue weighted by atomic mass is 32.2. The molecule has 1 heterocycles. The van der Waals surface area contributed by atoms with Gasteiger partial charge in [0.15, 0.2) is 0 Å². The number of hydrogen-bond donors (Lipinski definition) is 1. The number of likely N-dealkylation sites (tertiary alicyclic amines) is 1. The third-order valence-electron chi connectivity index (χ3n) is 5.65. The highest BCUT2D eigenvalue weighted by molar-refractivity contribution is 7.92. The molecule has 1 saturated heterocycles. The summed E-state index contributed by atoms with van der Waals surface area (Å²) in [7, 11) is -3.83. The molecule has 3 aromatic carbocycles. The topological polar surface area (TPSA) is 60.9 Å². The smallest absolute Gasteiger partial charge is 0.264 e. The predicted molar refractivity (Wildman–Crippen MR) is 121 cm³/mol. The number of piperidine rings is 1. The van der Waals surface area contributed by atoms with Gasteiger partial charge in [0.05, 0.1) is 23.2 Å². The number of aliphatic hydroxyl groups excluding tert-OH is 1. The fourth-order valence-electron chi connectivity index (χ4n) is 4.08. The Morgan fingerprint density at radius 2 is 1.53 bits per heavy atom. The van der Waals surface area contributed by atoms with Crippen molar-refractivity contribution >= 4 is 26.5 Å². The highest BCUT2D eigenvalue weighted by Crippen LogP contribution is 2.26. The van der Waals surface area contributed by atoms with Gasteiger partial charge < -0.3 is 10.0 Å². The van der Waals surface area contributed by atoms with Crippen molar-refractivity contribution in [1.29, 1.82) is 0 Å². The maximum absolute atomic E-state index is 13.6. The van der Waals surface area contributed by atoms with Gasteiger partial charge in [-0.05, 0) is 61.0 Å². The number of β-amino-alcohol motifs (C(OH)–C–C–N with tert-alkyl or cyclic N) is 1. The molecule has 0 aromatic heterocycles. The van der Waals surface area contributed by atoms with E-state index in [9.17, 15) is 13.5 Å². The van der Waals surface area contributed by atoms with Crippen LogP contribution in [0.4, 0.5) is 5.69 Å². The number of rotatable bonds is 7. The molecule has 1 aliphatic heterocycles. The van der Waals surface area contributed by atoms with Gasteiger partial charge >= 0.3 is 0 Å². The number of nitrogens with zero attached hydrogens (tertiary/aromatic N) is 2. The van der Waals surface area contributed by atoms with E-state index >= 15 is 0 Å². The molecule has 158 valence electrons. The second-order valence-corrected chi connectivity index (χ2v) is 9.76. The first kappa shape index (κ1) is 20.8. The van der Waals surface area contributed by atoms with Gasteiger partial charge in [-0.3, -0.25) is 4.31 Å². The van der Waals surface area contributed by atoms with Crippen LogP contribution in [0.15, 0.2) is 77.7 Å². The Bertz CT molecular complexity index is 1080.